The maximum Gasteiger partial charge on any atom is 0.256 e. The molecule has 0 aromatic heterocycles. The van der Waals surface area contributed by atoms with Gasteiger partial charge in [-0.25, -0.2) is 0 Å². The molecule has 2 aliphatic rings. The lowest BCUT2D eigenvalue weighted by Gasteiger charge is -2.24. The molecule has 3 N–H and O–H groups in total. The molecule has 9 nitrogen and oxygen atoms in total. The summed E-state index contributed by atoms with van der Waals surface area (Å²) in [6.45, 7) is 8.02. The summed E-state index contributed by atoms with van der Waals surface area (Å²) in [5.74, 6) is 3.29. The number of nitrogens with zero attached hydrogens (tertiary/aromatic N) is 2. The van der Waals surface area contributed by atoms with Gasteiger partial charge in [0.25, 0.3) is 5.91 Å². The number of fused-ring (bicyclic) bond motifs is 2. The lowest BCUT2D eigenvalue weighted by molar-refractivity contribution is 0.0774. The van der Waals surface area contributed by atoms with Crippen LogP contribution in [0.5, 0.6) is 34.5 Å². The summed E-state index contributed by atoms with van der Waals surface area (Å²) in [7, 11) is 3.14. The third-order valence-corrected chi connectivity index (χ3v) is 7.28. The minimum absolute atomic E-state index is 0.0240. The molecule has 2 heterocycles. The van der Waals surface area contributed by atoms with Gasteiger partial charge in [0.15, 0.2) is 17.2 Å². The number of nitrogen functional groups attached to an aromatic ring is 1. The van der Waals surface area contributed by atoms with Crippen LogP contribution in [0, 0.1) is 5.41 Å². The van der Waals surface area contributed by atoms with Crippen LogP contribution in [0.4, 0.5) is 11.4 Å². The average molecular weight is 576 g/mol. The second-order valence-corrected chi connectivity index (χ2v) is 11.2. The summed E-state index contributed by atoms with van der Waals surface area (Å²) in [6, 6.07) is 15.5. The standard InChI is InChI=1S/C19H25NO3.C14H16N2O3/c1-4-11-19(2,3)13-22-16-9-10-18(17(20)12-16)23-15-7-5-14(21)6-8-15;1-18-12-6-10-11(7-13(12)19-2)15-8-9-4-3-5-16(9)14(10)17/h5-10,12,21H,4,11,13,20H2,1-3H3;6-9H,3-5H2,1-2H3. The normalized spacial score (nSPS) is 15.6. The van der Waals surface area contributed by atoms with E-state index in [1.54, 1.807) is 62.8 Å². The van der Waals surface area contributed by atoms with E-state index in [2.05, 4.69) is 25.8 Å². The lowest BCUT2D eigenvalue weighted by atomic mass is 9.89. The molecule has 2 aliphatic heterocycles. The zero-order valence-electron chi connectivity index (χ0n) is 25.1. The molecular weight excluding hydrogens is 534 g/mol. The average Bonchev–Trinajstić information content (AvgIpc) is 3.41. The zero-order chi connectivity index (χ0) is 30.3. The number of phenolic OH excluding ortho intramolecular Hbond substituents is 1. The van der Waals surface area contributed by atoms with Crippen molar-refractivity contribution in [1.82, 2.24) is 4.90 Å². The number of phenols is 1. The van der Waals surface area contributed by atoms with Crippen molar-refractivity contribution in [3.8, 4) is 34.5 Å². The van der Waals surface area contributed by atoms with Gasteiger partial charge in [0.2, 0.25) is 0 Å². The number of nitrogens with two attached hydrogens (primary N) is 1. The predicted octanol–water partition coefficient (Wildman–Crippen LogP) is 7.00. The smallest absolute Gasteiger partial charge is 0.256 e. The molecule has 5 rings (SSSR count). The summed E-state index contributed by atoms with van der Waals surface area (Å²) in [6.07, 6.45) is 6.13. The Kier molecular flexibility index (Phi) is 9.83. The Morgan fingerprint density at radius 1 is 1.00 bits per heavy atom. The Bertz CT molecular complexity index is 1400. The summed E-state index contributed by atoms with van der Waals surface area (Å²) in [5.41, 5.74) is 7.94. The molecular formula is C33H41N3O6. The molecule has 0 spiro atoms. The van der Waals surface area contributed by atoms with E-state index >= 15 is 0 Å². The monoisotopic (exact) mass is 575 g/mol. The zero-order valence-corrected chi connectivity index (χ0v) is 25.1. The quantitative estimate of drug-likeness (QED) is 0.264. The molecule has 0 bridgehead atoms. The highest BCUT2D eigenvalue weighted by atomic mass is 16.5. The van der Waals surface area contributed by atoms with E-state index in [0.29, 0.717) is 46.5 Å². The first-order valence-electron chi connectivity index (χ1n) is 14.2. The van der Waals surface area contributed by atoms with Gasteiger partial charge in [0.05, 0.1) is 43.8 Å². The lowest BCUT2D eigenvalue weighted by Crippen LogP contribution is -2.35. The Labute approximate surface area is 247 Å². The largest absolute Gasteiger partial charge is 0.508 e. The van der Waals surface area contributed by atoms with Crippen LogP contribution in [-0.2, 0) is 0 Å². The highest BCUT2D eigenvalue weighted by molar-refractivity contribution is 6.03. The molecule has 3 aromatic carbocycles. The van der Waals surface area contributed by atoms with Crippen molar-refractivity contribution in [2.45, 2.75) is 52.5 Å². The van der Waals surface area contributed by atoms with Crippen molar-refractivity contribution < 1.29 is 28.8 Å². The van der Waals surface area contributed by atoms with Crippen LogP contribution in [0.25, 0.3) is 0 Å². The van der Waals surface area contributed by atoms with E-state index in [4.69, 9.17) is 24.7 Å². The fraction of sp³-hybridized carbons (Fsp3) is 0.394. The first kappa shape index (κ1) is 30.6. The third kappa shape index (κ3) is 7.46. The summed E-state index contributed by atoms with van der Waals surface area (Å²) in [4.78, 5) is 18.9. The van der Waals surface area contributed by atoms with Gasteiger partial charge in [-0.2, -0.15) is 0 Å². The van der Waals surface area contributed by atoms with Crippen molar-refractivity contribution in [2.75, 3.05) is 33.1 Å². The molecule has 42 heavy (non-hydrogen) atoms. The number of methoxy groups -OCH3 is 2. The fourth-order valence-corrected chi connectivity index (χ4v) is 5.05. The van der Waals surface area contributed by atoms with Crippen molar-refractivity contribution in [2.24, 2.45) is 10.4 Å². The SMILES string of the molecule is CCCC(C)(C)COc1ccc(Oc2ccc(O)cc2)c(N)c1.COc1cc2c(cc1OC)C(=O)N1CCCC1C=N2. The second-order valence-electron chi connectivity index (χ2n) is 11.2. The highest BCUT2D eigenvalue weighted by Crippen LogP contribution is 2.38. The Hall–Kier alpha value is -4.40. The van der Waals surface area contributed by atoms with Gasteiger partial charge in [0.1, 0.15) is 17.2 Å². The van der Waals surface area contributed by atoms with Crippen LogP contribution < -0.4 is 24.7 Å². The molecule has 1 saturated heterocycles. The maximum absolute atomic E-state index is 12.5. The van der Waals surface area contributed by atoms with Crippen molar-refractivity contribution in [3.63, 3.8) is 0 Å². The van der Waals surface area contributed by atoms with Gasteiger partial charge in [-0.05, 0) is 67.1 Å². The van der Waals surface area contributed by atoms with Gasteiger partial charge in [-0.1, -0.05) is 27.2 Å². The molecule has 0 aliphatic carbocycles. The van der Waals surface area contributed by atoms with Gasteiger partial charge in [-0.3, -0.25) is 9.79 Å². The van der Waals surface area contributed by atoms with Crippen LogP contribution in [0.1, 0.15) is 56.8 Å². The number of aromatic hydroxyl groups is 1. The highest BCUT2D eigenvalue weighted by Gasteiger charge is 2.32. The Morgan fingerprint density at radius 2 is 1.69 bits per heavy atom. The number of carbonyl (C=O) groups is 1. The number of amides is 1. The molecule has 0 saturated carbocycles. The number of ether oxygens (including phenoxy) is 4. The van der Waals surface area contributed by atoms with Gasteiger partial charge in [-0.15, -0.1) is 0 Å². The number of anilines is 1. The number of aliphatic imine (C=N–C) groups is 1. The van der Waals surface area contributed by atoms with Crippen LogP contribution in [0.15, 0.2) is 59.6 Å². The van der Waals surface area contributed by atoms with Crippen LogP contribution >= 0.6 is 0 Å². The van der Waals surface area contributed by atoms with E-state index in [0.717, 1.165) is 38.0 Å². The third-order valence-electron chi connectivity index (χ3n) is 7.28. The minimum atomic E-state index is 0.0240. The minimum Gasteiger partial charge on any atom is -0.508 e. The summed E-state index contributed by atoms with van der Waals surface area (Å²) in [5, 5.41) is 9.28. The van der Waals surface area contributed by atoms with Crippen LogP contribution in [0.3, 0.4) is 0 Å². The van der Waals surface area contributed by atoms with E-state index in [-0.39, 0.29) is 23.1 Å². The molecule has 1 fully saturated rings. The number of hydrogen-bond acceptors (Lipinski definition) is 8. The van der Waals surface area contributed by atoms with Crippen LogP contribution in [0.2, 0.25) is 0 Å². The van der Waals surface area contributed by atoms with E-state index < -0.39 is 0 Å². The fourth-order valence-electron chi connectivity index (χ4n) is 5.05. The van der Waals surface area contributed by atoms with E-state index in [1.165, 1.54) is 0 Å². The van der Waals surface area contributed by atoms with Gasteiger partial charge in [0, 0.05) is 24.9 Å². The van der Waals surface area contributed by atoms with E-state index in [9.17, 15) is 9.90 Å². The van der Waals surface area contributed by atoms with Crippen molar-refractivity contribution >= 4 is 23.5 Å². The first-order valence-corrected chi connectivity index (χ1v) is 14.2. The van der Waals surface area contributed by atoms with E-state index in [1.807, 2.05) is 17.2 Å². The second kappa shape index (κ2) is 13.5. The first-order chi connectivity index (χ1) is 20.1. The molecule has 1 atom stereocenters. The molecule has 1 unspecified atom stereocenters. The number of carbonyl (C=O) groups excluding carboxylic acids is 1. The Balaban J connectivity index is 0.000000196. The predicted molar refractivity (Wildman–Crippen MR) is 165 cm³/mol. The Morgan fingerprint density at radius 3 is 2.36 bits per heavy atom. The van der Waals surface area contributed by atoms with Crippen molar-refractivity contribution in [1.29, 1.82) is 0 Å². The summed E-state index contributed by atoms with van der Waals surface area (Å²) >= 11 is 0. The molecule has 3 aromatic rings. The molecule has 0 radical (unpaired) electrons. The number of hydrogen-bond donors (Lipinski definition) is 2. The van der Waals surface area contributed by atoms with Gasteiger partial charge >= 0.3 is 0 Å². The van der Waals surface area contributed by atoms with Crippen molar-refractivity contribution in [3.05, 3.63) is 60.2 Å². The maximum atomic E-state index is 12.5. The number of rotatable bonds is 9. The topological polar surface area (TPSA) is 116 Å². The van der Waals surface area contributed by atoms with Gasteiger partial charge < -0.3 is 34.7 Å². The molecule has 9 heteroatoms. The number of benzene rings is 3. The molecule has 224 valence electrons. The summed E-state index contributed by atoms with van der Waals surface area (Å²) < 4.78 is 22.1. The van der Waals surface area contributed by atoms with Crippen LogP contribution in [-0.4, -0.2) is 55.5 Å². The molecule has 1 amide bonds.